The van der Waals surface area contributed by atoms with E-state index in [9.17, 15) is 9.18 Å². The summed E-state index contributed by atoms with van der Waals surface area (Å²) in [6, 6.07) is 3.57. The molecule has 1 amide bonds. The largest absolute Gasteiger partial charge is 0.339 e. The standard InChI is InChI=1S/C22H32FN3O/c1-5-25(6-2)22(27)17-12-18(14-23)26-19(13-17)24-20(15(3)4)21(26)16-10-8-7-9-11-16/h12-13,15-16H,5-11,14H2,1-4H3. The summed E-state index contributed by atoms with van der Waals surface area (Å²) in [6.07, 6.45) is 6.00. The van der Waals surface area contributed by atoms with Crippen molar-refractivity contribution in [1.82, 2.24) is 14.3 Å². The number of imidazole rings is 1. The molecule has 148 valence electrons. The molecule has 27 heavy (non-hydrogen) atoms. The Morgan fingerprint density at radius 1 is 1.22 bits per heavy atom. The molecular weight excluding hydrogens is 341 g/mol. The van der Waals surface area contributed by atoms with Gasteiger partial charge in [-0.25, -0.2) is 9.37 Å². The van der Waals surface area contributed by atoms with E-state index in [4.69, 9.17) is 4.98 Å². The van der Waals surface area contributed by atoms with E-state index in [1.165, 1.54) is 25.0 Å². The SMILES string of the molecule is CCN(CC)C(=O)c1cc(CF)n2c(C3CCCCC3)c(C(C)C)nc2c1. The number of amides is 1. The van der Waals surface area contributed by atoms with Crippen molar-refractivity contribution in [2.75, 3.05) is 13.1 Å². The van der Waals surface area contributed by atoms with Crippen molar-refractivity contribution >= 4 is 11.6 Å². The van der Waals surface area contributed by atoms with Crippen molar-refractivity contribution in [3.8, 4) is 0 Å². The monoisotopic (exact) mass is 373 g/mol. The minimum Gasteiger partial charge on any atom is -0.339 e. The molecule has 3 rings (SSSR count). The number of hydrogen-bond acceptors (Lipinski definition) is 2. The van der Waals surface area contributed by atoms with E-state index in [0.29, 0.717) is 35.9 Å². The second kappa shape index (κ2) is 8.41. The molecule has 1 aliphatic carbocycles. The van der Waals surface area contributed by atoms with E-state index in [0.717, 1.165) is 18.5 Å². The Hall–Kier alpha value is -1.91. The molecule has 1 aliphatic rings. The molecule has 2 heterocycles. The molecule has 0 N–H and O–H groups in total. The number of aromatic nitrogens is 2. The predicted octanol–water partition coefficient (Wildman–Crippen LogP) is 5.46. The van der Waals surface area contributed by atoms with Crippen LogP contribution < -0.4 is 0 Å². The molecule has 0 aliphatic heterocycles. The van der Waals surface area contributed by atoms with Gasteiger partial charge in [0.25, 0.3) is 5.91 Å². The Kier molecular flexibility index (Phi) is 6.18. The number of carbonyl (C=O) groups excluding carboxylic acids is 1. The highest BCUT2D eigenvalue weighted by atomic mass is 19.1. The highest BCUT2D eigenvalue weighted by Crippen LogP contribution is 2.38. The van der Waals surface area contributed by atoms with Crippen molar-refractivity contribution in [2.45, 2.75) is 78.3 Å². The summed E-state index contributed by atoms with van der Waals surface area (Å²) in [5, 5.41) is 0. The van der Waals surface area contributed by atoms with Crippen molar-refractivity contribution in [1.29, 1.82) is 0 Å². The lowest BCUT2D eigenvalue weighted by atomic mass is 9.84. The molecule has 1 fully saturated rings. The molecule has 2 aromatic rings. The first-order valence-corrected chi connectivity index (χ1v) is 10.4. The quantitative estimate of drug-likeness (QED) is 0.674. The maximum Gasteiger partial charge on any atom is 0.254 e. The Balaban J connectivity index is 2.17. The van der Waals surface area contributed by atoms with Crippen LogP contribution >= 0.6 is 0 Å². The molecule has 0 spiro atoms. The molecule has 0 unspecified atom stereocenters. The first-order chi connectivity index (χ1) is 13.0. The minimum absolute atomic E-state index is 0.0505. The van der Waals surface area contributed by atoms with Gasteiger partial charge in [0, 0.05) is 30.3 Å². The lowest BCUT2D eigenvalue weighted by Crippen LogP contribution is -2.30. The van der Waals surface area contributed by atoms with E-state index in [1.54, 1.807) is 11.0 Å². The number of rotatable bonds is 6. The summed E-state index contributed by atoms with van der Waals surface area (Å²) < 4.78 is 16.1. The Morgan fingerprint density at radius 3 is 2.44 bits per heavy atom. The Labute approximate surface area is 161 Å². The van der Waals surface area contributed by atoms with Crippen molar-refractivity contribution < 1.29 is 9.18 Å². The number of hydrogen-bond donors (Lipinski definition) is 0. The van der Waals surface area contributed by atoms with Gasteiger partial charge in [-0.15, -0.1) is 0 Å². The number of pyridine rings is 1. The molecular formula is C22H32FN3O. The zero-order valence-corrected chi connectivity index (χ0v) is 17.1. The second-order valence-corrected chi connectivity index (χ2v) is 7.91. The molecule has 0 saturated heterocycles. The fourth-order valence-electron chi connectivity index (χ4n) is 4.40. The van der Waals surface area contributed by atoms with Gasteiger partial charge in [-0.05, 0) is 44.7 Å². The third kappa shape index (κ3) is 3.74. The van der Waals surface area contributed by atoms with Crippen LogP contribution in [0.3, 0.4) is 0 Å². The fraction of sp³-hybridized carbons (Fsp3) is 0.636. The second-order valence-electron chi connectivity index (χ2n) is 7.91. The lowest BCUT2D eigenvalue weighted by molar-refractivity contribution is 0.0773. The molecule has 4 nitrogen and oxygen atoms in total. The Morgan fingerprint density at radius 2 is 1.89 bits per heavy atom. The van der Waals surface area contributed by atoms with E-state index in [-0.39, 0.29) is 11.8 Å². The summed E-state index contributed by atoms with van der Waals surface area (Å²) in [5.41, 5.74) is 4.03. The third-order valence-corrected chi connectivity index (χ3v) is 5.83. The van der Waals surface area contributed by atoms with Crippen LogP contribution in [0.4, 0.5) is 4.39 Å². The first-order valence-electron chi connectivity index (χ1n) is 10.4. The van der Waals surface area contributed by atoms with Crippen LogP contribution in [-0.2, 0) is 6.67 Å². The zero-order valence-electron chi connectivity index (χ0n) is 17.1. The van der Waals surface area contributed by atoms with Gasteiger partial charge in [0.15, 0.2) is 0 Å². The highest BCUT2D eigenvalue weighted by molar-refractivity contribution is 5.95. The zero-order chi connectivity index (χ0) is 19.6. The highest BCUT2D eigenvalue weighted by Gasteiger charge is 2.27. The van der Waals surface area contributed by atoms with Crippen molar-refractivity contribution in [3.05, 3.63) is 34.8 Å². The van der Waals surface area contributed by atoms with Gasteiger partial charge in [-0.3, -0.25) is 9.20 Å². The Bertz CT molecular complexity index is 801. The smallest absolute Gasteiger partial charge is 0.254 e. The lowest BCUT2D eigenvalue weighted by Gasteiger charge is -2.24. The van der Waals surface area contributed by atoms with Crippen LogP contribution in [0, 0.1) is 0 Å². The van der Waals surface area contributed by atoms with E-state index >= 15 is 0 Å². The fourth-order valence-corrected chi connectivity index (χ4v) is 4.40. The third-order valence-electron chi connectivity index (χ3n) is 5.83. The van der Waals surface area contributed by atoms with Crippen LogP contribution in [0.25, 0.3) is 5.65 Å². The van der Waals surface area contributed by atoms with Crippen LogP contribution in [0.2, 0.25) is 0 Å². The van der Waals surface area contributed by atoms with E-state index < -0.39 is 6.67 Å². The van der Waals surface area contributed by atoms with Gasteiger partial charge in [0.2, 0.25) is 0 Å². The molecule has 1 saturated carbocycles. The predicted molar refractivity (Wildman–Crippen MR) is 107 cm³/mol. The summed E-state index contributed by atoms with van der Waals surface area (Å²) in [6.45, 7) is 8.90. The maximum absolute atomic E-state index is 14.0. The van der Waals surface area contributed by atoms with Crippen LogP contribution in [0.1, 0.15) is 99.1 Å². The number of carbonyl (C=O) groups is 1. The molecule has 0 atom stereocenters. The van der Waals surface area contributed by atoms with Gasteiger partial charge < -0.3 is 4.90 Å². The molecule has 0 bridgehead atoms. The summed E-state index contributed by atoms with van der Waals surface area (Å²) in [7, 11) is 0. The molecule has 0 radical (unpaired) electrons. The van der Waals surface area contributed by atoms with Gasteiger partial charge in [0.1, 0.15) is 12.3 Å². The first kappa shape index (κ1) is 19.8. The topological polar surface area (TPSA) is 37.6 Å². The molecule has 0 aromatic carbocycles. The van der Waals surface area contributed by atoms with Gasteiger partial charge in [0.05, 0.1) is 11.4 Å². The average molecular weight is 374 g/mol. The van der Waals surface area contributed by atoms with Gasteiger partial charge in [-0.2, -0.15) is 0 Å². The molecule has 5 heteroatoms. The van der Waals surface area contributed by atoms with Crippen molar-refractivity contribution in [2.24, 2.45) is 0 Å². The summed E-state index contributed by atoms with van der Waals surface area (Å²) >= 11 is 0. The van der Waals surface area contributed by atoms with E-state index in [2.05, 4.69) is 13.8 Å². The van der Waals surface area contributed by atoms with Crippen molar-refractivity contribution in [3.63, 3.8) is 0 Å². The molecule has 2 aromatic heterocycles. The number of nitrogens with zero attached hydrogens (tertiary/aromatic N) is 3. The van der Waals surface area contributed by atoms with Crippen LogP contribution in [0.5, 0.6) is 0 Å². The number of fused-ring (bicyclic) bond motifs is 1. The average Bonchev–Trinajstić information content (AvgIpc) is 3.08. The van der Waals surface area contributed by atoms with Crippen LogP contribution in [-0.4, -0.2) is 33.3 Å². The van der Waals surface area contributed by atoms with Gasteiger partial charge in [-0.1, -0.05) is 33.1 Å². The van der Waals surface area contributed by atoms with Crippen LogP contribution in [0.15, 0.2) is 12.1 Å². The normalized spacial score (nSPS) is 15.6. The van der Waals surface area contributed by atoms with E-state index in [1.807, 2.05) is 24.3 Å². The summed E-state index contributed by atoms with van der Waals surface area (Å²) in [5.74, 6) is 0.655. The number of halogens is 1. The number of alkyl halides is 1. The minimum atomic E-state index is -0.594. The maximum atomic E-state index is 14.0. The van der Waals surface area contributed by atoms with Gasteiger partial charge >= 0.3 is 0 Å². The summed E-state index contributed by atoms with van der Waals surface area (Å²) in [4.78, 5) is 19.5.